The summed E-state index contributed by atoms with van der Waals surface area (Å²) in [5, 5.41) is 7.80. The van der Waals surface area contributed by atoms with Gasteiger partial charge >= 0.3 is 6.36 Å². The maximum atomic E-state index is 12.2. The topological polar surface area (TPSA) is 38.0 Å². The van der Waals surface area contributed by atoms with E-state index < -0.39 is 6.36 Å². The fraction of sp³-hybridized carbons (Fsp3) is 0.364. The SMILES string of the molecule is Cl.N=c1sc2cc(OC(F)(F)F)cc3c2n1CCC3. The molecular weight excluding hydrogens is 301 g/mol. The highest BCUT2D eigenvalue weighted by molar-refractivity contribution is 7.16. The van der Waals surface area contributed by atoms with Gasteiger partial charge in [0.25, 0.3) is 0 Å². The maximum Gasteiger partial charge on any atom is 0.573 e. The Kier molecular flexibility index (Phi) is 3.53. The number of nitrogens with one attached hydrogen (secondary N) is 1. The Labute approximate surface area is 116 Å². The minimum Gasteiger partial charge on any atom is -0.406 e. The van der Waals surface area contributed by atoms with E-state index in [2.05, 4.69) is 4.74 Å². The molecule has 0 unspecified atom stereocenters. The third kappa shape index (κ3) is 2.57. The largest absolute Gasteiger partial charge is 0.573 e. The van der Waals surface area contributed by atoms with Crippen LogP contribution in [-0.2, 0) is 13.0 Å². The van der Waals surface area contributed by atoms with Crippen molar-refractivity contribution in [3.05, 3.63) is 22.5 Å². The fourth-order valence-corrected chi connectivity index (χ4v) is 3.32. The Morgan fingerprint density at radius 3 is 2.74 bits per heavy atom. The van der Waals surface area contributed by atoms with Gasteiger partial charge in [0.05, 0.1) is 10.2 Å². The Hall–Kier alpha value is -1.21. The smallest absolute Gasteiger partial charge is 0.406 e. The van der Waals surface area contributed by atoms with E-state index in [9.17, 15) is 13.2 Å². The molecule has 1 N–H and O–H groups in total. The molecule has 2 aromatic rings. The first-order chi connectivity index (χ1) is 8.44. The lowest BCUT2D eigenvalue weighted by Gasteiger charge is -2.16. The molecule has 0 saturated carbocycles. The van der Waals surface area contributed by atoms with E-state index in [1.54, 1.807) is 0 Å². The molecule has 1 aliphatic heterocycles. The van der Waals surface area contributed by atoms with Gasteiger partial charge in [0.15, 0.2) is 4.80 Å². The van der Waals surface area contributed by atoms with Crippen LogP contribution in [0.1, 0.15) is 12.0 Å². The highest BCUT2D eigenvalue weighted by Crippen LogP contribution is 2.33. The van der Waals surface area contributed by atoms with Crippen molar-refractivity contribution in [2.24, 2.45) is 0 Å². The van der Waals surface area contributed by atoms with E-state index in [1.165, 1.54) is 23.5 Å². The summed E-state index contributed by atoms with van der Waals surface area (Å²) in [6.07, 6.45) is -3.11. The Morgan fingerprint density at radius 2 is 2.05 bits per heavy atom. The molecule has 104 valence electrons. The van der Waals surface area contributed by atoms with Crippen LogP contribution in [0.2, 0.25) is 0 Å². The van der Waals surface area contributed by atoms with Gasteiger partial charge in [-0.2, -0.15) is 0 Å². The van der Waals surface area contributed by atoms with Crippen LogP contribution in [0.15, 0.2) is 12.1 Å². The number of rotatable bonds is 1. The van der Waals surface area contributed by atoms with Crippen LogP contribution in [-0.4, -0.2) is 10.9 Å². The van der Waals surface area contributed by atoms with Crippen molar-refractivity contribution in [2.45, 2.75) is 25.7 Å². The normalized spacial score (nSPS) is 14.3. The minimum atomic E-state index is -4.67. The van der Waals surface area contributed by atoms with Gasteiger partial charge in [-0.3, -0.25) is 5.41 Å². The summed E-state index contributed by atoms with van der Waals surface area (Å²) in [6, 6.07) is 2.79. The van der Waals surface area contributed by atoms with Gasteiger partial charge in [0, 0.05) is 6.54 Å². The molecule has 0 amide bonds. The lowest BCUT2D eigenvalue weighted by molar-refractivity contribution is -0.274. The van der Waals surface area contributed by atoms with Crippen LogP contribution in [0.5, 0.6) is 5.75 Å². The van der Waals surface area contributed by atoms with Crippen molar-refractivity contribution in [3.8, 4) is 5.75 Å². The van der Waals surface area contributed by atoms with Gasteiger partial charge < -0.3 is 9.30 Å². The number of alkyl halides is 3. The molecule has 2 heterocycles. The molecule has 3 rings (SSSR count). The zero-order valence-electron chi connectivity index (χ0n) is 9.58. The zero-order chi connectivity index (χ0) is 12.9. The van der Waals surface area contributed by atoms with Crippen molar-refractivity contribution >= 4 is 34.0 Å². The van der Waals surface area contributed by atoms with Gasteiger partial charge in [-0.05, 0) is 30.5 Å². The predicted octanol–water partition coefficient (Wildman–Crippen LogP) is 3.45. The van der Waals surface area contributed by atoms with Crippen LogP contribution >= 0.6 is 23.7 Å². The number of hydrogen-bond acceptors (Lipinski definition) is 3. The van der Waals surface area contributed by atoms with E-state index in [0.717, 1.165) is 30.5 Å². The van der Waals surface area contributed by atoms with Crippen molar-refractivity contribution in [1.82, 2.24) is 4.57 Å². The van der Waals surface area contributed by atoms with E-state index in [-0.39, 0.29) is 18.2 Å². The summed E-state index contributed by atoms with van der Waals surface area (Å²) in [5.41, 5.74) is 1.71. The van der Waals surface area contributed by atoms with Crippen molar-refractivity contribution in [2.75, 3.05) is 0 Å². The van der Waals surface area contributed by atoms with Crippen molar-refractivity contribution in [1.29, 1.82) is 5.41 Å². The zero-order valence-corrected chi connectivity index (χ0v) is 11.2. The van der Waals surface area contributed by atoms with Gasteiger partial charge in [0.2, 0.25) is 0 Å². The van der Waals surface area contributed by atoms with Gasteiger partial charge in [-0.1, -0.05) is 11.3 Å². The van der Waals surface area contributed by atoms with E-state index in [4.69, 9.17) is 5.41 Å². The van der Waals surface area contributed by atoms with E-state index >= 15 is 0 Å². The van der Waals surface area contributed by atoms with Gasteiger partial charge in [-0.15, -0.1) is 25.6 Å². The highest BCUT2D eigenvalue weighted by atomic mass is 35.5. The summed E-state index contributed by atoms with van der Waals surface area (Å²) in [5.74, 6) is -0.194. The number of benzene rings is 1. The average molecular weight is 311 g/mol. The fourth-order valence-electron chi connectivity index (χ4n) is 2.31. The number of nitrogens with zero attached hydrogens (tertiary/aromatic N) is 1. The average Bonchev–Trinajstić information content (AvgIpc) is 2.55. The molecule has 8 heteroatoms. The van der Waals surface area contributed by atoms with Gasteiger partial charge in [-0.25, -0.2) is 0 Å². The number of thiazole rings is 1. The summed E-state index contributed by atoms with van der Waals surface area (Å²) in [4.78, 5) is 0.370. The van der Waals surface area contributed by atoms with E-state index in [0.29, 0.717) is 9.50 Å². The summed E-state index contributed by atoms with van der Waals surface area (Å²) >= 11 is 1.18. The molecule has 0 saturated heterocycles. The number of aromatic nitrogens is 1. The third-order valence-corrected chi connectivity index (χ3v) is 3.86. The summed E-state index contributed by atoms with van der Waals surface area (Å²) in [7, 11) is 0. The second-order valence-corrected chi connectivity index (χ2v) is 5.17. The maximum absolute atomic E-state index is 12.2. The molecule has 0 spiro atoms. The molecule has 0 radical (unpaired) electrons. The number of halogens is 4. The van der Waals surface area contributed by atoms with Crippen LogP contribution in [0, 0.1) is 5.41 Å². The summed E-state index contributed by atoms with van der Waals surface area (Å²) < 4.78 is 43.1. The molecule has 0 bridgehead atoms. The Balaban J connectivity index is 0.00000133. The van der Waals surface area contributed by atoms with Gasteiger partial charge in [0.1, 0.15) is 5.75 Å². The summed E-state index contributed by atoms with van der Waals surface area (Å²) in [6.45, 7) is 0.755. The molecule has 19 heavy (non-hydrogen) atoms. The van der Waals surface area contributed by atoms with Crippen molar-refractivity contribution < 1.29 is 17.9 Å². The predicted molar refractivity (Wildman–Crippen MR) is 67.9 cm³/mol. The molecular formula is C11H10ClF3N2OS. The molecule has 1 aliphatic rings. The quantitative estimate of drug-likeness (QED) is 0.861. The molecule has 1 aromatic heterocycles. The molecule has 3 nitrogen and oxygen atoms in total. The monoisotopic (exact) mass is 310 g/mol. The molecule has 0 aliphatic carbocycles. The van der Waals surface area contributed by atoms with Crippen LogP contribution < -0.4 is 9.54 Å². The molecule has 1 aromatic carbocycles. The molecule has 0 atom stereocenters. The minimum absolute atomic E-state index is 0. The second-order valence-electron chi connectivity index (χ2n) is 4.14. The van der Waals surface area contributed by atoms with Crippen LogP contribution in [0.4, 0.5) is 13.2 Å². The van der Waals surface area contributed by atoms with Crippen molar-refractivity contribution in [3.63, 3.8) is 0 Å². The Morgan fingerprint density at radius 1 is 1.32 bits per heavy atom. The second kappa shape index (κ2) is 4.72. The van der Waals surface area contributed by atoms with Crippen LogP contribution in [0.25, 0.3) is 10.2 Å². The highest BCUT2D eigenvalue weighted by Gasteiger charge is 2.31. The lowest BCUT2D eigenvalue weighted by atomic mass is 10.0. The number of hydrogen-bond donors (Lipinski definition) is 1. The number of ether oxygens (including phenoxy) is 1. The third-order valence-electron chi connectivity index (χ3n) is 2.91. The van der Waals surface area contributed by atoms with Crippen LogP contribution in [0.3, 0.4) is 0 Å². The Bertz CT molecular complexity index is 677. The van der Waals surface area contributed by atoms with E-state index in [1.807, 2.05) is 4.57 Å². The number of aryl methyl sites for hydroxylation is 2. The lowest BCUT2D eigenvalue weighted by Crippen LogP contribution is -2.19. The standard InChI is InChI=1S/C11H9F3N2OS.ClH/c12-11(13,14)17-7-4-6-2-1-3-16-9(6)8(5-7)18-10(16)15;/h4-5,15H,1-3H2;1H. The first-order valence-electron chi connectivity index (χ1n) is 5.41. The molecule has 0 fully saturated rings. The first-order valence-corrected chi connectivity index (χ1v) is 6.22. The first kappa shape index (κ1) is 14.2.